The molecule has 0 radical (unpaired) electrons. The molecule has 0 bridgehead atoms. The predicted molar refractivity (Wildman–Crippen MR) is 116 cm³/mol. The summed E-state index contributed by atoms with van der Waals surface area (Å²) in [6.45, 7) is 11.5. The topological polar surface area (TPSA) is 26.8 Å². The zero-order chi connectivity index (χ0) is 19.7. The first-order valence-corrected chi connectivity index (χ1v) is 10.5. The minimum Gasteiger partial charge on any atom is -0.369 e. The molecule has 1 saturated heterocycles. The second-order valence-corrected chi connectivity index (χ2v) is 8.24. The van der Waals surface area contributed by atoms with Crippen LogP contribution in [0.4, 0.5) is 11.4 Å². The number of amides is 1. The van der Waals surface area contributed by atoms with Gasteiger partial charge in [-0.2, -0.15) is 0 Å². The second kappa shape index (κ2) is 7.96. The maximum Gasteiger partial charge on any atom is 0.228 e. The van der Waals surface area contributed by atoms with Crippen LogP contribution in [-0.2, 0) is 11.2 Å². The predicted octanol–water partition coefficient (Wildman–Crippen LogP) is 3.79. The molecule has 0 N–H and O–H groups in total. The number of carbonyl (C=O) groups is 1. The highest BCUT2D eigenvalue weighted by Gasteiger charge is 2.30. The smallest absolute Gasteiger partial charge is 0.228 e. The molecule has 2 aliphatic heterocycles. The van der Waals surface area contributed by atoms with Gasteiger partial charge >= 0.3 is 0 Å². The van der Waals surface area contributed by atoms with Crippen LogP contribution < -0.4 is 9.80 Å². The van der Waals surface area contributed by atoms with Gasteiger partial charge in [0.2, 0.25) is 5.91 Å². The first-order valence-electron chi connectivity index (χ1n) is 10.5. The average Bonchev–Trinajstić information content (AvgIpc) is 3.04. The largest absolute Gasteiger partial charge is 0.369 e. The molecule has 4 rings (SSSR count). The van der Waals surface area contributed by atoms with Gasteiger partial charge in [0.05, 0.1) is 0 Å². The third-order valence-corrected chi connectivity index (χ3v) is 6.41. The Morgan fingerprint density at radius 1 is 0.964 bits per heavy atom. The molecule has 0 aromatic heterocycles. The zero-order valence-electron chi connectivity index (χ0n) is 17.3. The van der Waals surface area contributed by atoms with Crippen molar-refractivity contribution < 1.29 is 4.79 Å². The Kier molecular flexibility index (Phi) is 5.40. The zero-order valence-corrected chi connectivity index (χ0v) is 17.3. The van der Waals surface area contributed by atoms with Crippen molar-refractivity contribution in [2.24, 2.45) is 0 Å². The number of piperazine rings is 1. The fourth-order valence-corrected chi connectivity index (χ4v) is 4.61. The molecule has 2 heterocycles. The van der Waals surface area contributed by atoms with Gasteiger partial charge < -0.3 is 9.80 Å². The van der Waals surface area contributed by atoms with Crippen LogP contribution in [0.15, 0.2) is 42.5 Å². The van der Waals surface area contributed by atoms with Gasteiger partial charge in [0.15, 0.2) is 0 Å². The normalized spacial score (nSPS) is 19.8. The summed E-state index contributed by atoms with van der Waals surface area (Å²) in [6, 6.07) is 15.2. The molecule has 1 fully saturated rings. The summed E-state index contributed by atoms with van der Waals surface area (Å²) in [6.07, 6.45) is 1.57. The first kappa shape index (κ1) is 19.0. The van der Waals surface area contributed by atoms with Gasteiger partial charge in [-0.3, -0.25) is 9.69 Å². The highest BCUT2D eigenvalue weighted by Crippen LogP contribution is 2.32. The highest BCUT2D eigenvalue weighted by atomic mass is 16.2. The third-order valence-electron chi connectivity index (χ3n) is 6.41. The summed E-state index contributed by atoms with van der Waals surface area (Å²) in [4.78, 5) is 19.9. The van der Waals surface area contributed by atoms with Gasteiger partial charge in [-0.25, -0.2) is 0 Å². The SMILES string of the molecule is Cc1cccc(N2CCN(CCC(=O)N3c4ccccc4CC3C)CC2)c1C. The Morgan fingerprint density at radius 3 is 2.46 bits per heavy atom. The molecule has 2 aromatic carbocycles. The number of hydrogen-bond donors (Lipinski definition) is 0. The number of para-hydroxylation sites is 1. The van der Waals surface area contributed by atoms with E-state index in [-0.39, 0.29) is 11.9 Å². The standard InChI is InChI=1S/C24H31N3O/c1-18-7-6-10-22(20(18)3)26-15-13-25(14-16-26)12-11-24(28)27-19(2)17-21-8-4-5-9-23(21)27/h4-10,19H,11-17H2,1-3H3. The lowest BCUT2D eigenvalue weighted by molar-refractivity contribution is -0.119. The van der Waals surface area contributed by atoms with Gasteiger partial charge in [0, 0.05) is 56.6 Å². The Bertz CT molecular complexity index is 855. The van der Waals surface area contributed by atoms with E-state index in [2.05, 4.69) is 67.0 Å². The number of rotatable bonds is 4. The van der Waals surface area contributed by atoms with E-state index in [1.54, 1.807) is 0 Å². The molecule has 2 aliphatic rings. The minimum absolute atomic E-state index is 0.259. The number of aryl methyl sites for hydroxylation is 1. The van der Waals surface area contributed by atoms with Crippen LogP contribution in [0, 0.1) is 13.8 Å². The summed E-state index contributed by atoms with van der Waals surface area (Å²) in [5, 5.41) is 0. The van der Waals surface area contributed by atoms with E-state index >= 15 is 0 Å². The van der Waals surface area contributed by atoms with Crippen molar-refractivity contribution in [3.8, 4) is 0 Å². The van der Waals surface area contributed by atoms with Gasteiger partial charge in [-0.05, 0) is 56.0 Å². The van der Waals surface area contributed by atoms with Crippen LogP contribution in [0.1, 0.15) is 30.0 Å². The molecular formula is C24H31N3O. The minimum atomic E-state index is 0.259. The monoisotopic (exact) mass is 377 g/mol. The quantitative estimate of drug-likeness (QED) is 0.811. The third kappa shape index (κ3) is 3.66. The summed E-state index contributed by atoms with van der Waals surface area (Å²) in [5.41, 5.74) is 6.50. The molecule has 0 spiro atoms. The van der Waals surface area contributed by atoms with Crippen molar-refractivity contribution in [2.75, 3.05) is 42.5 Å². The van der Waals surface area contributed by atoms with Crippen molar-refractivity contribution >= 4 is 17.3 Å². The number of fused-ring (bicyclic) bond motifs is 1. The molecule has 1 unspecified atom stereocenters. The Hall–Kier alpha value is -2.33. The van der Waals surface area contributed by atoms with E-state index in [4.69, 9.17) is 0 Å². The van der Waals surface area contributed by atoms with Crippen LogP contribution in [0.2, 0.25) is 0 Å². The molecular weight excluding hydrogens is 346 g/mol. The Balaban J connectivity index is 1.31. The molecule has 0 saturated carbocycles. The van der Waals surface area contributed by atoms with Crippen molar-refractivity contribution in [3.63, 3.8) is 0 Å². The van der Waals surface area contributed by atoms with Crippen LogP contribution in [0.5, 0.6) is 0 Å². The van der Waals surface area contributed by atoms with E-state index in [0.717, 1.165) is 44.8 Å². The van der Waals surface area contributed by atoms with E-state index in [0.29, 0.717) is 6.42 Å². The van der Waals surface area contributed by atoms with Crippen molar-refractivity contribution in [1.82, 2.24) is 4.90 Å². The fraction of sp³-hybridized carbons (Fsp3) is 0.458. The van der Waals surface area contributed by atoms with E-state index in [9.17, 15) is 4.79 Å². The fourth-order valence-electron chi connectivity index (χ4n) is 4.61. The maximum atomic E-state index is 12.9. The van der Waals surface area contributed by atoms with Gasteiger partial charge in [0.25, 0.3) is 0 Å². The lowest BCUT2D eigenvalue weighted by Gasteiger charge is -2.37. The van der Waals surface area contributed by atoms with Crippen molar-refractivity contribution in [2.45, 2.75) is 39.7 Å². The molecule has 4 heteroatoms. The summed E-state index contributed by atoms with van der Waals surface area (Å²) >= 11 is 0. The molecule has 4 nitrogen and oxygen atoms in total. The van der Waals surface area contributed by atoms with Gasteiger partial charge in [0.1, 0.15) is 0 Å². The Labute approximate surface area is 168 Å². The Morgan fingerprint density at radius 2 is 1.68 bits per heavy atom. The average molecular weight is 378 g/mol. The second-order valence-electron chi connectivity index (χ2n) is 8.24. The van der Waals surface area contributed by atoms with Crippen LogP contribution in [-0.4, -0.2) is 49.6 Å². The van der Waals surface area contributed by atoms with E-state index in [1.807, 2.05) is 11.0 Å². The molecule has 1 atom stereocenters. The summed E-state index contributed by atoms with van der Waals surface area (Å²) in [7, 11) is 0. The highest BCUT2D eigenvalue weighted by molar-refractivity contribution is 5.96. The summed E-state index contributed by atoms with van der Waals surface area (Å²) < 4.78 is 0. The number of hydrogen-bond acceptors (Lipinski definition) is 3. The molecule has 2 aromatic rings. The van der Waals surface area contributed by atoms with Gasteiger partial charge in [-0.15, -0.1) is 0 Å². The van der Waals surface area contributed by atoms with Crippen molar-refractivity contribution in [3.05, 3.63) is 59.2 Å². The first-order chi connectivity index (χ1) is 13.5. The van der Waals surface area contributed by atoms with Crippen LogP contribution >= 0.6 is 0 Å². The molecule has 28 heavy (non-hydrogen) atoms. The van der Waals surface area contributed by atoms with E-state index < -0.39 is 0 Å². The molecule has 0 aliphatic carbocycles. The van der Waals surface area contributed by atoms with Crippen molar-refractivity contribution in [1.29, 1.82) is 0 Å². The van der Waals surface area contributed by atoms with Crippen LogP contribution in [0.3, 0.4) is 0 Å². The number of anilines is 2. The number of carbonyl (C=O) groups excluding carboxylic acids is 1. The van der Waals surface area contributed by atoms with Crippen LogP contribution in [0.25, 0.3) is 0 Å². The number of benzene rings is 2. The maximum absolute atomic E-state index is 12.9. The lowest BCUT2D eigenvalue weighted by atomic mass is 10.1. The number of nitrogens with zero attached hydrogens (tertiary/aromatic N) is 3. The van der Waals surface area contributed by atoms with Gasteiger partial charge in [-0.1, -0.05) is 30.3 Å². The summed E-state index contributed by atoms with van der Waals surface area (Å²) in [5.74, 6) is 0.259. The van der Waals surface area contributed by atoms with E-state index in [1.165, 1.54) is 22.4 Å². The molecule has 148 valence electrons. The molecule has 1 amide bonds. The lowest BCUT2D eigenvalue weighted by Crippen LogP contribution is -2.48.